The van der Waals surface area contributed by atoms with E-state index in [1.165, 1.54) is 0 Å². The normalized spacial score (nSPS) is 10.1. The van der Waals surface area contributed by atoms with Gasteiger partial charge >= 0.3 is 0 Å². The molecular weight excluding hydrogens is 222 g/mol. The molecule has 1 heterocycles. The Kier molecular flexibility index (Phi) is 5.14. The Morgan fingerprint density at radius 1 is 1.62 bits per heavy atom. The molecule has 16 heavy (non-hydrogen) atoms. The van der Waals surface area contributed by atoms with E-state index in [2.05, 4.69) is 16.8 Å². The van der Waals surface area contributed by atoms with Crippen LogP contribution in [0.25, 0.3) is 0 Å². The van der Waals surface area contributed by atoms with E-state index >= 15 is 0 Å². The second-order valence-corrected chi connectivity index (χ2v) is 3.75. The van der Waals surface area contributed by atoms with Gasteiger partial charge in [-0.2, -0.15) is 0 Å². The topological polar surface area (TPSA) is 51.4 Å². The zero-order valence-electron chi connectivity index (χ0n) is 9.64. The van der Waals surface area contributed by atoms with E-state index in [0.29, 0.717) is 11.6 Å². The maximum Gasteiger partial charge on any atom is 0.138 e. The van der Waals surface area contributed by atoms with Gasteiger partial charge in [-0.15, -0.1) is 0 Å². The minimum atomic E-state index is 0.374. The number of ether oxygens (including phenoxy) is 1. The monoisotopic (exact) mass is 239 g/mol. The molecule has 0 fully saturated rings. The van der Waals surface area contributed by atoms with Gasteiger partial charge in [0.1, 0.15) is 10.8 Å². The number of nitrogens with two attached hydrogens (primary N) is 1. The molecule has 0 aliphatic carbocycles. The lowest BCUT2D eigenvalue weighted by molar-refractivity contribution is 0.205. The molecule has 1 aromatic heterocycles. The van der Waals surface area contributed by atoms with Gasteiger partial charge in [0.25, 0.3) is 0 Å². The van der Waals surface area contributed by atoms with Crippen molar-refractivity contribution in [1.82, 2.24) is 4.98 Å². The largest absolute Gasteiger partial charge is 0.389 e. The average molecular weight is 239 g/mol. The van der Waals surface area contributed by atoms with Crippen molar-refractivity contribution in [3.05, 3.63) is 23.9 Å². The molecule has 4 nitrogen and oxygen atoms in total. The Morgan fingerprint density at radius 2 is 2.38 bits per heavy atom. The van der Waals surface area contributed by atoms with Crippen LogP contribution in [0, 0.1) is 0 Å². The number of thiocarbonyl (C=S) groups is 1. The van der Waals surface area contributed by atoms with Crippen LogP contribution in [0.3, 0.4) is 0 Å². The van der Waals surface area contributed by atoms with Gasteiger partial charge in [-0.3, -0.25) is 0 Å². The average Bonchev–Trinajstić information content (AvgIpc) is 2.30. The first-order chi connectivity index (χ1) is 7.70. The Bertz CT molecular complexity index is 357. The zero-order valence-corrected chi connectivity index (χ0v) is 10.5. The highest BCUT2D eigenvalue weighted by atomic mass is 32.1. The van der Waals surface area contributed by atoms with Gasteiger partial charge in [0.2, 0.25) is 0 Å². The van der Waals surface area contributed by atoms with Crippen LogP contribution in [0.15, 0.2) is 18.3 Å². The molecule has 5 heteroatoms. The van der Waals surface area contributed by atoms with Gasteiger partial charge < -0.3 is 15.4 Å². The number of methoxy groups -OCH3 is 1. The van der Waals surface area contributed by atoms with E-state index in [1.54, 1.807) is 13.3 Å². The van der Waals surface area contributed by atoms with Gasteiger partial charge in [0.05, 0.1) is 12.2 Å². The molecule has 0 amide bonds. The van der Waals surface area contributed by atoms with E-state index in [0.717, 1.165) is 24.5 Å². The number of likely N-dealkylation sites (N-methyl/N-ethyl adjacent to an activating group) is 1. The highest BCUT2D eigenvalue weighted by molar-refractivity contribution is 7.80. The van der Waals surface area contributed by atoms with Crippen molar-refractivity contribution in [3.8, 4) is 0 Å². The van der Waals surface area contributed by atoms with Crippen LogP contribution in [0.2, 0.25) is 0 Å². The summed E-state index contributed by atoms with van der Waals surface area (Å²) in [6, 6.07) is 3.72. The fraction of sp³-hybridized carbons (Fsp3) is 0.455. The van der Waals surface area contributed by atoms with Crippen molar-refractivity contribution < 1.29 is 4.74 Å². The van der Waals surface area contributed by atoms with Gasteiger partial charge in [0.15, 0.2) is 0 Å². The third-order valence-electron chi connectivity index (χ3n) is 2.30. The second kappa shape index (κ2) is 6.40. The number of anilines is 1. The summed E-state index contributed by atoms with van der Waals surface area (Å²) in [5, 5.41) is 0. The molecule has 88 valence electrons. The van der Waals surface area contributed by atoms with Gasteiger partial charge in [-0.05, 0) is 19.1 Å². The molecule has 0 aliphatic rings. The van der Waals surface area contributed by atoms with Crippen LogP contribution in [-0.4, -0.2) is 36.8 Å². The van der Waals surface area contributed by atoms with Crippen molar-refractivity contribution in [1.29, 1.82) is 0 Å². The molecule has 0 saturated heterocycles. The lowest BCUT2D eigenvalue weighted by Crippen LogP contribution is -2.30. The third-order valence-corrected chi connectivity index (χ3v) is 2.52. The summed E-state index contributed by atoms with van der Waals surface area (Å²) < 4.78 is 5.06. The quantitative estimate of drug-likeness (QED) is 0.756. The van der Waals surface area contributed by atoms with Crippen LogP contribution in [0.4, 0.5) is 5.82 Å². The first-order valence-electron chi connectivity index (χ1n) is 5.19. The van der Waals surface area contributed by atoms with E-state index in [4.69, 9.17) is 22.7 Å². The predicted molar refractivity (Wildman–Crippen MR) is 69.9 cm³/mol. The standard InChI is InChI=1S/C11H17N3OS/c1-3-14(7-8-15-2)11-9(10(12)16)5-4-6-13-11/h4-6H,3,7-8H2,1-2H3,(H2,12,16). The van der Waals surface area contributed by atoms with Crippen molar-refractivity contribution in [2.75, 3.05) is 31.7 Å². The lowest BCUT2D eigenvalue weighted by Gasteiger charge is -2.23. The molecular formula is C11H17N3OS. The molecule has 0 atom stereocenters. The van der Waals surface area contributed by atoms with E-state index in [9.17, 15) is 0 Å². The maximum atomic E-state index is 5.67. The van der Waals surface area contributed by atoms with Crippen LogP contribution >= 0.6 is 12.2 Å². The minimum absolute atomic E-state index is 0.374. The Labute approximate surface area is 101 Å². The number of nitrogens with zero attached hydrogens (tertiary/aromatic N) is 2. The number of pyridine rings is 1. The molecule has 0 aliphatic heterocycles. The SMILES string of the molecule is CCN(CCOC)c1ncccc1C(N)=S. The Morgan fingerprint density at radius 3 is 2.94 bits per heavy atom. The smallest absolute Gasteiger partial charge is 0.138 e. The van der Waals surface area contributed by atoms with Crippen molar-refractivity contribution in [3.63, 3.8) is 0 Å². The summed E-state index contributed by atoms with van der Waals surface area (Å²) in [7, 11) is 1.68. The fourth-order valence-corrected chi connectivity index (χ4v) is 1.62. The van der Waals surface area contributed by atoms with Crippen LogP contribution < -0.4 is 10.6 Å². The van der Waals surface area contributed by atoms with E-state index in [-0.39, 0.29) is 0 Å². The summed E-state index contributed by atoms with van der Waals surface area (Å²) in [4.78, 5) is 6.80. The fourth-order valence-electron chi connectivity index (χ4n) is 1.46. The summed E-state index contributed by atoms with van der Waals surface area (Å²) in [6.45, 7) is 4.34. The van der Waals surface area contributed by atoms with Gasteiger partial charge in [-0.25, -0.2) is 4.98 Å². The number of hydrogen-bond acceptors (Lipinski definition) is 4. The Balaban J connectivity index is 2.94. The van der Waals surface area contributed by atoms with Crippen molar-refractivity contribution in [2.45, 2.75) is 6.92 Å². The molecule has 0 spiro atoms. The second-order valence-electron chi connectivity index (χ2n) is 3.31. The van der Waals surface area contributed by atoms with Crippen molar-refractivity contribution >= 4 is 23.0 Å². The van der Waals surface area contributed by atoms with Crippen LogP contribution in [-0.2, 0) is 4.74 Å². The minimum Gasteiger partial charge on any atom is -0.389 e. The zero-order chi connectivity index (χ0) is 12.0. The molecule has 1 rings (SSSR count). The maximum absolute atomic E-state index is 5.67. The van der Waals surface area contributed by atoms with Crippen molar-refractivity contribution in [2.24, 2.45) is 5.73 Å². The summed E-state index contributed by atoms with van der Waals surface area (Å²) in [5.41, 5.74) is 6.48. The Hall–Kier alpha value is -1.20. The molecule has 0 radical (unpaired) electrons. The highest BCUT2D eigenvalue weighted by Gasteiger charge is 2.12. The third kappa shape index (κ3) is 3.15. The molecule has 0 unspecified atom stereocenters. The predicted octanol–water partition coefficient (Wildman–Crippen LogP) is 1.19. The number of rotatable bonds is 6. The summed E-state index contributed by atoms with van der Waals surface area (Å²) in [6.07, 6.45) is 1.74. The first kappa shape index (κ1) is 12.9. The number of aromatic nitrogens is 1. The molecule has 2 N–H and O–H groups in total. The summed E-state index contributed by atoms with van der Waals surface area (Å²) in [5.74, 6) is 0.828. The van der Waals surface area contributed by atoms with E-state index in [1.807, 2.05) is 12.1 Å². The highest BCUT2D eigenvalue weighted by Crippen LogP contribution is 2.16. The summed E-state index contributed by atoms with van der Waals surface area (Å²) >= 11 is 5.01. The molecule has 0 aromatic carbocycles. The number of hydrogen-bond donors (Lipinski definition) is 1. The first-order valence-corrected chi connectivity index (χ1v) is 5.60. The molecule has 0 saturated carbocycles. The van der Waals surface area contributed by atoms with Crippen LogP contribution in [0.1, 0.15) is 12.5 Å². The van der Waals surface area contributed by atoms with Gasteiger partial charge in [-0.1, -0.05) is 12.2 Å². The lowest BCUT2D eigenvalue weighted by atomic mass is 10.2. The molecule has 1 aromatic rings. The van der Waals surface area contributed by atoms with E-state index < -0.39 is 0 Å². The van der Waals surface area contributed by atoms with Gasteiger partial charge in [0, 0.05) is 26.4 Å². The molecule has 0 bridgehead atoms. The van der Waals surface area contributed by atoms with Crippen LogP contribution in [0.5, 0.6) is 0 Å².